The molecule has 0 saturated carbocycles. The summed E-state index contributed by atoms with van der Waals surface area (Å²) in [5.41, 5.74) is 34.6. The molecule has 0 fully saturated rings. The molecule has 0 spiro atoms. The highest BCUT2D eigenvalue weighted by atomic mass is 16.3. The highest BCUT2D eigenvalue weighted by molar-refractivity contribution is 6.21. The van der Waals surface area contributed by atoms with Gasteiger partial charge in [0.25, 0.3) is 0 Å². The first-order valence-electron chi connectivity index (χ1n) is 27.3. The van der Waals surface area contributed by atoms with E-state index in [1.165, 1.54) is 144 Å². The Morgan fingerprint density at radius 3 is 1.61 bits per heavy atom. The van der Waals surface area contributed by atoms with E-state index in [0.29, 0.717) is 0 Å². The van der Waals surface area contributed by atoms with E-state index in [4.69, 9.17) is 4.42 Å². The van der Waals surface area contributed by atoms with Crippen LogP contribution >= 0.6 is 0 Å². The fourth-order valence-electron chi connectivity index (χ4n) is 14.8. The van der Waals surface area contributed by atoms with E-state index in [0.717, 1.165) is 22.5 Å². The predicted octanol–water partition coefficient (Wildman–Crippen LogP) is 20.5. The third kappa shape index (κ3) is 6.28. The molecule has 10 aromatic carbocycles. The lowest BCUT2D eigenvalue weighted by atomic mass is 9.72. The van der Waals surface area contributed by atoms with Gasteiger partial charge in [0.1, 0.15) is 11.2 Å². The molecule has 0 unspecified atom stereocenters. The van der Waals surface area contributed by atoms with Crippen molar-refractivity contribution < 1.29 is 4.42 Å². The van der Waals surface area contributed by atoms with Crippen molar-refractivity contribution in [2.75, 3.05) is 4.90 Å². The summed E-state index contributed by atoms with van der Waals surface area (Å²) >= 11 is 0. The number of nitrogens with zero attached hydrogens (tertiary/aromatic N) is 1. The SMILES string of the molecule is Cc1cc(C)c(N(c2ccc3c(c2)C(C)(C)c2cc(-c4ccccc4-c4ccccc4)c(C)c(-c4ccccc4C)c2-3)c2ccc3c(c2)C(C)(C)c2c4c(c5oc6ccccc6c5c2-3)-c2ccccc2C4(C)C)c(C)c1. The van der Waals surface area contributed by atoms with Crippen molar-refractivity contribution in [2.24, 2.45) is 0 Å². The third-order valence-corrected chi connectivity index (χ3v) is 18.2. The average Bonchev–Trinajstić information content (AvgIpc) is 4.08. The number of hydrogen-bond donors (Lipinski definition) is 0. The summed E-state index contributed by atoms with van der Waals surface area (Å²) in [6.07, 6.45) is 0. The van der Waals surface area contributed by atoms with Crippen molar-refractivity contribution in [1.29, 1.82) is 0 Å². The van der Waals surface area contributed by atoms with E-state index < -0.39 is 0 Å². The molecule has 2 heteroatoms. The first-order chi connectivity index (χ1) is 36.6. The van der Waals surface area contributed by atoms with E-state index in [1.54, 1.807) is 0 Å². The number of hydrogen-bond acceptors (Lipinski definition) is 2. The fourth-order valence-corrected chi connectivity index (χ4v) is 14.8. The van der Waals surface area contributed by atoms with Gasteiger partial charge in [0.05, 0.1) is 5.69 Å². The molecular formula is C74H63NO. The molecule has 3 aliphatic carbocycles. The monoisotopic (exact) mass is 981 g/mol. The molecule has 1 aromatic heterocycles. The second-order valence-electron chi connectivity index (χ2n) is 23.8. The van der Waals surface area contributed by atoms with Crippen LogP contribution in [0.1, 0.15) is 103 Å². The lowest BCUT2D eigenvalue weighted by Gasteiger charge is -2.33. The number of benzene rings is 10. The second kappa shape index (κ2) is 16.2. The Hall–Kier alpha value is -8.20. The van der Waals surface area contributed by atoms with E-state index >= 15 is 0 Å². The maximum atomic E-state index is 7.03. The normalized spacial score (nSPS) is 14.8. The largest absolute Gasteiger partial charge is 0.455 e. The Bertz CT molecular complexity index is 4280. The molecule has 11 aromatic rings. The molecule has 0 atom stereocenters. The summed E-state index contributed by atoms with van der Waals surface area (Å²) in [6.45, 7) is 26.1. The van der Waals surface area contributed by atoms with Crippen LogP contribution in [0.25, 0.3) is 88.7 Å². The zero-order valence-corrected chi connectivity index (χ0v) is 45.7. The van der Waals surface area contributed by atoms with Gasteiger partial charge in [-0.2, -0.15) is 0 Å². The second-order valence-corrected chi connectivity index (χ2v) is 23.8. The number of anilines is 3. The molecule has 14 rings (SSSR count). The van der Waals surface area contributed by atoms with Gasteiger partial charge in [0.2, 0.25) is 0 Å². The van der Waals surface area contributed by atoms with Crippen LogP contribution in [0.5, 0.6) is 0 Å². The summed E-state index contributed by atoms with van der Waals surface area (Å²) < 4.78 is 7.03. The van der Waals surface area contributed by atoms with Gasteiger partial charge in [-0.15, -0.1) is 0 Å². The molecule has 3 aliphatic rings. The van der Waals surface area contributed by atoms with Crippen LogP contribution in [0.2, 0.25) is 0 Å². The van der Waals surface area contributed by atoms with Crippen LogP contribution in [-0.4, -0.2) is 0 Å². The molecule has 76 heavy (non-hydrogen) atoms. The van der Waals surface area contributed by atoms with Crippen LogP contribution in [0.4, 0.5) is 17.1 Å². The quantitative estimate of drug-likeness (QED) is 0.165. The standard InChI is InChI=1S/C74H63NO/c1-42-37-44(3)70(45(4)38-42)75(49-34-36-55-60(40-49)74(10,11)68-65(55)66-56-30-20-22-32-62(56)76-71(66)67-53-29-19-21-31-58(53)73(8,9)69(67)68)48-33-35-54-59(39-48)72(6,7)61-41-57(46(5)63(64(54)61)50-26-16-15-23-43(50)2)52-28-18-17-27-51(52)47-24-13-12-14-25-47/h12-41H,1-11H3. The highest BCUT2D eigenvalue weighted by Gasteiger charge is 2.49. The van der Waals surface area contributed by atoms with Crippen molar-refractivity contribution in [1.82, 2.24) is 0 Å². The fraction of sp³-hybridized carbons (Fsp3) is 0.189. The molecule has 0 amide bonds. The molecule has 0 N–H and O–H groups in total. The minimum absolute atomic E-state index is 0.230. The summed E-state index contributed by atoms with van der Waals surface area (Å²) in [5, 5.41) is 2.40. The lowest BCUT2D eigenvalue weighted by Crippen LogP contribution is -2.24. The number of para-hydroxylation sites is 1. The number of aryl methyl sites for hydroxylation is 4. The molecule has 0 aliphatic heterocycles. The molecule has 0 saturated heterocycles. The van der Waals surface area contributed by atoms with Gasteiger partial charge in [-0.1, -0.05) is 193 Å². The maximum Gasteiger partial charge on any atom is 0.144 e. The smallest absolute Gasteiger partial charge is 0.144 e. The van der Waals surface area contributed by atoms with E-state index in [9.17, 15) is 0 Å². The van der Waals surface area contributed by atoms with Gasteiger partial charge in [0, 0.05) is 44.0 Å². The maximum absolute atomic E-state index is 7.03. The van der Waals surface area contributed by atoms with Crippen molar-refractivity contribution in [2.45, 2.75) is 92.4 Å². The van der Waals surface area contributed by atoms with Crippen molar-refractivity contribution in [3.63, 3.8) is 0 Å². The van der Waals surface area contributed by atoms with Crippen molar-refractivity contribution in [3.8, 4) is 66.8 Å². The van der Waals surface area contributed by atoms with Crippen molar-refractivity contribution in [3.05, 3.63) is 243 Å². The van der Waals surface area contributed by atoms with E-state index in [2.05, 4.69) is 263 Å². The highest BCUT2D eigenvalue weighted by Crippen LogP contribution is 2.64. The van der Waals surface area contributed by atoms with Crippen LogP contribution in [0, 0.1) is 34.6 Å². The van der Waals surface area contributed by atoms with E-state index in [-0.39, 0.29) is 16.2 Å². The lowest BCUT2D eigenvalue weighted by molar-refractivity contribution is 0.600. The Balaban J connectivity index is 0.992. The predicted molar refractivity (Wildman–Crippen MR) is 321 cm³/mol. The summed E-state index contributed by atoms with van der Waals surface area (Å²) in [5.74, 6) is 0. The van der Waals surface area contributed by atoms with Crippen molar-refractivity contribution >= 4 is 39.0 Å². The minimum Gasteiger partial charge on any atom is -0.455 e. The van der Waals surface area contributed by atoms with Gasteiger partial charge < -0.3 is 9.32 Å². The average molecular weight is 982 g/mol. The minimum atomic E-state index is -0.331. The summed E-state index contributed by atoms with van der Waals surface area (Å²) in [4.78, 5) is 2.57. The number of furan rings is 1. The van der Waals surface area contributed by atoms with Gasteiger partial charge in [-0.25, -0.2) is 0 Å². The summed E-state index contributed by atoms with van der Waals surface area (Å²) in [7, 11) is 0. The van der Waals surface area contributed by atoms with Crippen LogP contribution < -0.4 is 4.90 Å². The molecular weight excluding hydrogens is 919 g/mol. The van der Waals surface area contributed by atoms with Gasteiger partial charge >= 0.3 is 0 Å². The summed E-state index contributed by atoms with van der Waals surface area (Å²) in [6, 6.07) is 68.5. The zero-order chi connectivity index (χ0) is 52.3. The van der Waals surface area contributed by atoms with E-state index in [1.807, 2.05) is 0 Å². The van der Waals surface area contributed by atoms with Crippen LogP contribution in [0.3, 0.4) is 0 Å². The van der Waals surface area contributed by atoms with Crippen LogP contribution in [-0.2, 0) is 16.2 Å². The van der Waals surface area contributed by atoms with Gasteiger partial charge in [-0.3, -0.25) is 0 Å². The topological polar surface area (TPSA) is 16.4 Å². The Kier molecular flexibility index (Phi) is 9.85. The van der Waals surface area contributed by atoms with Crippen LogP contribution in [0.15, 0.2) is 186 Å². The Morgan fingerprint density at radius 1 is 0.368 bits per heavy atom. The Morgan fingerprint density at radius 2 is 0.908 bits per heavy atom. The zero-order valence-electron chi connectivity index (χ0n) is 45.7. The molecule has 1 heterocycles. The third-order valence-electron chi connectivity index (χ3n) is 18.2. The molecule has 370 valence electrons. The number of fused-ring (bicyclic) bond motifs is 15. The molecule has 2 nitrogen and oxygen atoms in total. The molecule has 0 bridgehead atoms. The van der Waals surface area contributed by atoms with Gasteiger partial charge in [-0.05, 0) is 188 Å². The molecule has 0 radical (unpaired) electrons. The first-order valence-corrected chi connectivity index (χ1v) is 27.3. The Labute approximate surface area is 448 Å². The first kappa shape index (κ1) is 46.3. The number of rotatable bonds is 6. The van der Waals surface area contributed by atoms with Gasteiger partial charge in [0.15, 0.2) is 0 Å².